The molecule has 198 valence electrons. The summed E-state index contributed by atoms with van der Waals surface area (Å²) in [5.74, 6) is 0.547. The SMILES string of the molecule is Cc1nc(N2CCN(C(=O)Cc3ccccc3)CC2)nc2c1ccc(=O)n2-c1ccc(C(=O)NC2CC2)cc1. The van der Waals surface area contributed by atoms with Crippen molar-refractivity contribution < 1.29 is 9.59 Å². The second-order valence-corrected chi connectivity index (χ2v) is 10.2. The lowest BCUT2D eigenvalue weighted by atomic mass is 10.1. The van der Waals surface area contributed by atoms with Crippen molar-refractivity contribution in [3.63, 3.8) is 0 Å². The van der Waals surface area contributed by atoms with Gasteiger partial charge in [-0.3, -0.25) is 19.0 Å². The summed E-state index contributed by atoms with van der Waals surface area (Å²) in [6, 6.07) is 20.3. The van der Waals surface area contributed by atoms with Gasteiger partial charge in [-0.1, -0.05) is 30.3 Å². The summed E-state index contributed by atoms with van der Waals surface area (Å²) >= 11 is 0. The van der Waals surface area contributed by atoms with Crippen LogP contribution in [0.4, 0.5) is 5.95 Å². The van der Waals surface area contributed by atoms with Gasteiger partial charge in [0.15, 0.2) is 5.65 Å². The average molecular weight is 523 g/mol. The number of amides is 2. The van der Waals surface area contributed by atoms with Crippen molar-refractivity contribution in [2.45, 2.75) is 32.2 Å². The van der Waals surface area contributed by atoms with Gasteiger partial charge in [0.1, 0.15) is 0 Å². The Morgan fingerprint density at radius 3 is 2.31 bits per heavy atom. The number of fused-ring (bicyclic) bond motifs is 1. The first-order valence-corrected chi connectivity index (χ1v) is 13.3. The molecule has 2 amide bonds. The molecule has 9 nitrogen and oxygen atoms in total. The molecule has 0 spiro atoms. The van der Waals surface area contributed by atoms with Crippen LogP contribution in [0.3, 0.4) is 0 Å². The first-order chi connectivity index (χ1) is 19.0. The molecule has 0 unspecified atom stereocenters. The number of hydrogen-bond acceptors (Lipinski definition) is 6. The topological polar surface area (TPSA) is 100 Å². The fourth-order valence-electron chi connectivity index (χ4n) is 4.94. The molecule has 4 aromatic rings. The van der Waals surface area contributed by atoms with E-state index in [-0.39, 0.29) is 23.4 Å². The third-order valence-electron chi connectivity index (χ3n) is 7.34. The Hall–Kier alpha value is -4.53. The van der Waals surface area contributed by atoms with Crippen molar-refractivity contribution in [1.82, 2.24) is 24.8 Å². The number of nitrogens with one attached hydrogen (secondary N) is 1. The zero-order chi connectivity index (χ0) is 26.9. The van der Waals surface area contributed by atoms with E-state index in [1.807, 2.05) is 42.2 Å². The third-order valence-corrected chi connectivity index (χ3v) is 7.34. The molecule has 2 aromatic heterocycles. The van der Waals surface area contributed by atoms with Gasteiger partial charge in [0.05, 0.1) is 17.8 Å². The minimum absolute atomic E-state index is 0.101. The number of nitrogens with zero attached hydrogens (tertiary/aromatic N) is 5. The molecule has 1 aliphatic carbocycles. The molecule has 3 heterocycles. The number of carbonyl (C=O) groups is 2. The molecule has 1 saturated carbocycles. The number of benzene rings is 2. The van der Waals surface area contributed by atoms with E-state index in [9.17, 15) is 14.4 Å². The summed E-state index contributed by atoms with van der Waals surface area (Å²) < 4.78 is 1.57. The van der Waals surface area contributed by atoms with Crippen LogP contribution >= 0.6 is 0 Å². The molecule has 0 radical (unpaired) electrons. The van der Waals surface area contributed by atoms with Crippen LogP contribution in [0.25, 0.3) is 16.7 Å². The van der Waals surface area contributed by atoms with Gasteiger partial charge in [-0.2, -0.15) is 4.98 Å². The Labute approximate surface area is 226 Å². The molecule has 6 rings (SSSR count). The number of anilines is 1. The Kier molecular flexibility index (Phi) is 6.56. The number of rotatable bonds is 6. The highest BCUT2D eigenvalue weighted by atomic mass is 16.2. The van der Waals surface area contributed by atoms with Crippen LogP contribution in [0, 0.1) is 6.92 Å². The molecule has 39 heavy (non-hydrogen) atoms. The maximum atomic E-state index is 13.0. The number of aryl methyl sites for hydroxylation is 1. The lowest BCUT2D eigenvalue weighted by Crippen LogP contribution is -2.49. The maximum absolute atomic E-state index is 13.0. The van der Waals surface area contributed by atoms with Gasteiger partial charge in [0.25, 0.3) is 11.5 Å². The second-order valence-electron chi connectivity index (χ2n) is 10.2. The lowest BCUT2D eigenvalue weighted by molar-refractivity contribution is -0.130. The maximum Gasteiger partial charge on any atom is 0.256 e. The summed E-state index contributed by atoms with van der Waals surface area (Å²) in [7, 11) is 0. The average Bonchev–Trinajstić information content (AvgIpc) is 3.77. The highest BCUT2D eigenvalue weighted by Gasteiger charge is 2.25. The van der Waals surface area contributed by atoms with Crippen LogP contribution in [0.2, 0.25) is 0 Å². The summed E-state index contributed by atoms with van der Waals surface area (Å²) in [5.41, 5.74) is 3.28. The number of aromatic nitrogens is 3. The molecule has 9 heteroatoms. The minimum atomic E-state index is -0.210. The summed E-state index contributed by atoms with van der Waals surface area (Å²) in [4.78, 5) is 51.8. The molecule has 2 fully saturated rings. The van der Waals surface area contributed by atoms with E-state index < -0.39 is 0 Å². The van der Waals surface area contributed by atoms with Crippen LogP contribution in [0.1, 0.15) is 34.5 Å². The van der Waals surface area contributed by atoms with Gasteiger partial charge < -0.3 is 15.1 Å². The van der Waals surface area contributed by atoms with Crippen LogP contribution in [0.15, 0.2) is 71.5 Å². The van der Waals surface area contributed by atoms with Crippen molar-refractivity contribution >= 4 is 28.8 Å². The number of hydrogen-bond donors (Lipinski definition) is 1. The monoisotopic (exact) mass is 522 g/mol. The zero-order valence-corrected chi connectivity index (χ0v) is 21.8. The second kappa shape index (κ2) is 10.3. The van der Waals surface area contributed by atoms with Gasteiger partial charge in [-0.15, -0.1) is 0 Å². The first kappa shape index (κ1) is 24.8. The molecule has 2 aliphatic rings. The third kappa shape index (κ3) is 5.25. The summed E-state index contributed by atoms with van der Waals surface area (Å²) in [5, 5.41) is 3.77. The lowest BCUT2D eigenvalue weighted by Gasteiger charge is -2.35. The largest absolute Gasteiger partial charge is 0.349 e. The molecular weight excluding hydrogens is 492 g/mol. The van der Waals surface area contributed by atoms with E-state index in [0.717, 1.165) is 29.5 Å². The molecule has 1 N–H and O–H groups in total. The van der Waals surface area contributed by atoms with Crippen LogP contribution in [-0.2, 0) is 11.2 Å². The van der Waals surface area contributed by atoms with E-state index in [1.165, 1.54) is 6.07 Å². The van der Waals surface area contributed by atoms with Crippen LogP contribution < -0.4 is 15.8 Å². The van der Waals surface area contributed by atoms with E-state index in [1.54, 1.807) is 34.9 Å². The predicted octanol–water partition coefficient (Wildman–Crippen LogP) is 2.87. The highest BCUT2D eigenvalue weighted by Crippen LogP contribution is 2.23. The first-order valence-electron chi connectivity index (χ1n) is 13.3. The van der Waals surface area contributed by atoms with Crippen molar-refractivity contribution in [2.24, 2.45) is 0 Å². The number of carbonyl (C=O) groups excluding carboxylic acids is 2. The smallest absolute Gasteiger partial charge is 0.256 e. The number of piperazine rings is 1. The predicted molar refractivity (Wildman–Crippen MR) is 149 cm³/mol. The molecule has 1 saturated heterocycles. The van der Waals surface area contributed by atoms with Gasteiger partial charge in [0.2, 0.25) is 11.9 Å². The normalized spacial score (nSPS) is 15.4. The summed E-state index contributed by atoms with van der Waals surface area (Å²) in [6.45, 7) is 4.28. The fourth-order valence-corrected chi connectivity index (χ4v) is 4.94. The van der Waals surface area contributed by atoms with Crippen LogP contribution in [0.5, 0.6) is 0 Å². The van der Waals surface area contributed by atoms with Gasteiger partial charge >= 0.3 is 0 Å². The highest BCUT2D eigenvalue weighted by molar-refractivity contribution is 5.94. The van der Waals surface area contributed by atoms with Gasteiger partial charge in [-0.05, 0) is 55.7 Å². The number of pyridine rings is 1. The Morgan fingerprint density at radius 2 is 1.62 bits per heavy atom. The van der Waals surface area contributed by atoms with E-state index in [0.29, 0.717) is 55.4 Å². The molecular formula is C30H30N6O3. The quantitative estimate of drug-likeness (QED) is 0.418. The Bertz CT molecular complexity index is 1590. The van der Waals surface area contributed by atoms with Crippen molar-refractivity contribution in [3.05, 3.63) is 93.9 Å². The van der Waals surface area contributed by atoms with Gasteiger partial charge in [-0.25, -0.2) is 4.98 Å². The van der Waals surface area contributed by atoms with Crippen molar-refractivity contribution in [1.29, 1.82) is 0 Å². The standard InChI is InChI=1S/C30H30N6O3/c1-20-25-13-14-26(37)36(24-11-7-22(8-12-24)29(39)32-23-9-10-23)28(25)33-30(31-20)35-17-15-34(16-18-35)27(38)19-21-5-3-2-4-6-21/h2-8,11-14,23H,9-10,15-19H2,1H3,(H,32,39). The minimum Gasteiger partial charge on any atom is -0.349 e. The van der Waals surface area contributed by atoms with Crippen molar-refractivity contribution in [3.8, 4) is 5.69 Å². The molecule has 0 bridgehead atoms. The molecule has 2 aromatic carbocycles. The van der Waals surface area contributed by atoms with E-state index in [2.05, 4.69) is 10.2 Å². The van der Waals surface area contributed by atoms with Gasteiger partial charge in [0, 0.05) is 49.2 Å². The zero-order valence-electron chi connectivity index (χ0n) is 21.8. The molecule has 0 atom stereocenters. The van der Waals surface area contributed by atoms with Crippen LogP contribution in [-0.4, -0.2) is 63.5 Å². The molecule has 1 aliphatic heterocycles. The Morgan fingerprint density at radius 1 is 0.897 bits per heavy atom. The van der Waals surface area contributed by atoms with Crippen molar-refractivity contribution in [2.75, 3.05) is 31.1 Å². The van der Waals surface area contributed by atoms with E-state index >= 15 is 0 Å². The Balaban J connectivity index is 1.24. The summed E-state index contributed by atoms with van der Waals surface area (Å²) in [6.07, 6.45) is 2.44. The van der Waals surface area contributed by atoms with E-state index in [4.69, 9.17) is 9.97 Å². The fraction of sp³-hybridized carbons (Fsp3) is 0.300.